The number of carbonyl (C=O) groups is 1. The van der Waals surface area contributed by atoms with Gasteiger partial charge in [0.1, 0.15) is 0 Å². The number of ether oxygens (including phenoxy) is 1. The standard InChI is InChI=1S/C18H26N2O3/c1-14-4-2-3-5-15(14)18(22)20-8-6-16(17(21)7-9-20)19-10-12-23-13-11-19/h2-5,16-17,21H,6-13H2,1H3/t16-,17-/m0/s1. The van der Waals surface area contributed by atoms with Gasteiger partial charge >= 0.3 is 0 Å². The first kappa shape index (κ1) is 16.4. The van der Waals surface area contributed by atoms with Gasteiger partial charge in [-0.1, -0.05) is 18.2 Å². The number of aliphatic hydroxyl groups is 1. The molecular formula is C18H26N2O3. The van der Waals surface area contributed by atoms with E-state index in [1.165, 1.54) is 0 Å². The highest BCUT2D eigenvalue weighted by Gasteiger charge is 2.32. The molecule has 2 fully saturated rings. The van der Waals surface area contributed by atoms with Gasteiger partial charge in [0, 0.05) is 37.8 Å². The molecule has 0 unspecified atom stereocenters. The van der Waals surface area contributed by atoms with E-state index in [-0.39, 0.29) is 18.1 Å². The van der Waals surface area contributed by atoms with Crippen LogP contribution in [-0.4, -0.2) is 72.4 Å². The van der Waals surface area contributed by atoms with Gasteiger partial charge in [-0.3, -0.25) is 9.69 Å². The molecule has 5 heteroatoms. The summed E-state index contributed by atoms with van der Waals surface area (Å²) in [6, 6.07) is 7.85. The lowest BCUT2D eigenvalue weighted by Gasteiger charge is -2.36. The second-order valence-corrected chi connectivity index (χ2v) is 6.47. The van der Waals surface area contributed by atoms with Crippen LogP contribution in [0.15, 0.2) is 24.3 Å². The van der Waals surface area contributed by atoms with Crippen LogP contribution in [0.3, 0.4) is 0 Å². The number of carbonyl (C=O) groups excluding carboxylic acids is 1. The number of aliphatic hydroxyl groups excluding tert-OH is 1. The van der Waals surface area contributed by atoms with Gasteiger partial charge in [0.05, 0.1) is 19.3 Å². The predicted molar refractivity (Wildman–Crippen MR) is 88.5 cm³/mol. The molecule has 0 radical (unpaired) electrons. The normalized spacial score (nSPS) is 26.8. The molecule has 0 saturated carbocycles. The lowest BCUT2D eigenvalue weighted by Crippen LogP contribution is -2.49. The average Bonchev–Trinajstić information content (AvgIpc) is 2.77. The highest BCUT2D eigenvalue weighted by atomic mass is 16.5. The molecule has 0 spiro atoms. The minimum atomic E-state index is -0.372. The molecule has 1 N–H and O–H groups in total. The van der Waals surface area contributed by atoms with Crippen molar-refractivity contribution in [2.24, 2.45) is 0 Å². The van der Waals surface area contributed by atoms with Crippen LogP contribution in [0.4, 0.5) is 0 Å². The van der Waals surface area contributed by atoms with Crippen LogP contribution in [0.1, 0.15) is 28.8 Å². The fourth-order valence-corrected chi connectivity index (χ4v) is 3.59. The molecule has 0 aliphatic carbocycles. The van der Waals surface area contributed by atoms with E-state index in [2.05, 4.69) is 4.90 Å². The van der Waals surface area contributed by atoms with Crippen LogP contribution < -0.4 is 0 Å². The van der Waals surface area contributed by atoms with Gasteiger partial charge in [-0.2, -0.15) is 0 Å². The topological polar surface area (TPSA) is 53.0 Å². The molecular weight excluding hydrogens is 292 g/mol. The van der Waals surface area contributed by atoms with Gasteiger partial charge in [-0.05, 0) is 31.4 Å². The first-order valence-corrected chi connectivity index (χ1v) is 8.51. The first-order valence-electron chi connectivity index (χ1n) is 8.51. The molecule has 1 aromatic rings. The van der Waals surface area contributed by atoms with Gasteiger partial charge in [0.15, 0.2) is 0 Å². The monoisotopic (exact) mass is 318 g/mol. The van der Waals surface area contributed by atoms with E-state index in [1.54, 1.807) is 0 Å². The Morgan fingerprint density at radius 3 is 2.57 bits per heavy atom. The molecule has 126 valence electrons. The summed E-state index contributed by atoms with van der Waals surface area (Å²) in [5, 5.41) is 10.5. The number of rotatable bonds is 2. The third-order valence-electron chi connectivity index (χ3n) is 5.01. The number of morpholine rings is 1. The molecule has 0 bridgehead atoms. The number of nitrogens with zero attached hydrogens (tertiary/aromatic N) is 2. The van der Waals surface area contributed by atoms with Crippen LogP contribution >= 0.6 is 0 Å². The summed E-state index contributed by atoms with van der Waals surface area (Å²) in [5.74, 6) is 0.0814. The van der Waals surface area contributed by atoms with Crippen molar-refractivity contribution in [3.05, 3.63) is 35.4 Å². The van der Waals surface area contributed by atoms with Crippen molar-refractivity contribution in [3.8, 4) is 0 Å². The van der Waals surface area contributed by atoms with Crippen molar-refractivity contribution in [1.82, 2.24) is 9.80 Å². The Labute approximate surface area is 137 Å². The van der Waals surface area contributed by atoms with Crippen molar-refractivity contribution in [2.75, 3.05) is 39.4 Å². The van der Waals surface area contributed by atoms with Crippen molar-refractivity contribution < 1.29 is 14.6 Å². The summed E-state index contributed by atoms with van der Waals surface area (Å²) in [6.45, 7) is 6.49. The van der Waals surface area contributed by atoms with Crippen molar-refractivity contribution in [2.45, 2.75) is 31.9 Å². The SMILES string of the molecule is Cc1ccccc1C(=O)N1CC[C@H](O)[C@@H](N2CCOCC2)CC1. The third kappa shape index (κ3) is 3.74. The fraction of sp³-hybridized carbons (Fsp3) is 0.611. The lowest BCUT2D eigenvalue weighted by atomic mass is 10.0. The molecule has 2 aliphatic rings. The highest BCUT2D eigenvalue weighted by Crippen LogP contribution is 2.21. The molecule has 0 aromatic heterocycles. The summed E-state index contributed by atoms with van der Waals surface area (Å²) in [7, 11) is 0. The number of likely N-dealkylation sites (tertiary alicyclic amines) is 1. The van der Waals surface area contributed by atoms with Crippen LogP contribution in [0.2, 0.25) is 0 Å². The third-order valence-corrected chi connectivity index (χ3v) is 5.01. The van der Waals surface area contributed by atoms with Crippen molar-refractivity contribution in [1.29, 1.82) is 0 Å². The second-order valence-electron chi connectivity index (χ2n) is 6.47. The second kappa shape index (κ2) is 7.43. The Morgan fingerprint density at radius 2 is 1.83 bits per heavy atom. The van der Waals surface area contributed by atoms with Gasteiger partial charge in [-0.25, -0.2) is 0 Å². The predicted octanol–water partition coefficient (Wildman–Crippen LogP) is 1.29. The number of benzene rings is 1. The summed E-state index contributed by atoms with van der Waals surface area (Å²) in [5.41, 5.74) is 1.78. The van der Waals surface area contributed by atoms with E-state index < -0.39 is 0 Å². The van der Waals surface area contributed by atoms with Crippen molar-refractivity contribution >= 4 is 5.91 Å². The van der Waals surface area contributed by atoms with E-state index in [1.807, 2.05) is 36.1 Å². The van der Waals surface area contributed by atoms with E-state index in [4.69, 9.17) is 4.74 Å². The minimum Gasteiger partial charge on any atom is -0.391 e. The Bertz CT molecular complexity index is 543. The largest absolute Gasteiger partial charge is 0.391 e. The molecule has 2 atom stereocenters. The highest BCUT2D eigenvalue weighted by molar-refractivity contribution is 5.95. The Balaban J connectivity index is 1.67. The van der Waals surface area contributed by atoms with Crippen LogP contribution in [0.5, 0.6) is 0 Å². The number of aryl methyl sites for hydroxylation is 1. The zero-order chi connectivity index (χ0) is 16.2. The first-order chi connectivity index (χ1) is 11.2. The quantitative estimate of drug-likeness (QED) is 0.893. The molecule has 1 aromatic carbocycles. The Hall–Kier alpha value is -1.43. The fourth-order valence-electron chi connectivity index (χ4n) is 3.59. The zero-order valence-corrected chi connectivity index (χ0v) is 13.8. The van der Waals surface area contributed by atoms with Gasteiger partial charge in [-0.15, -0.1) is 0 Å². The van der Waals surface area contributed by atoms with Gasteiger partial charge in [0.2, 0.25) is 0 Å². The van der Waals surface area contributed by atoms with E-state index in [0.717, 1.165) is 43.9 Å². The van der Waals surface area contributed by atoms with E-state index in [9.17, 15) is 9.90 Å². The summed E-state index contributed by atoms with van der Waals surface area (Å²) >= 11 is 0. The number of hydrogen-bond donors (Lipinski definition) is 1. The molecule has 2 saturated heterocycles. The molecule has 5 nitrogen and oxygen atoms in total. The van der Waals surface area contributed by atoms with Gasteiger partial charge in [0.25, 0.3) is 5.91 Å². The molecule has 2 aliphatic heterocycles. The maximum atomic E-state index is 12.8. The summed E-state index contributed by atoms with van der Waals surface area (Å²) in [6.07, 6.45) is 1.08. The van der Waals surface area contributed by atoms with Crippen LogP contribution in [-0.2, 0) is 4.74 Å². The summed E-state index contributed by atoms with van der Waals surface area (Å²) < 4.78 is 5.40. The average molecular weight is 318 g/mol. The maximum Gasteiger partial charge on any atom is 0.254 e. The smallest absolute Gasteiger partial charge is 0.254 e. The lowest BCUT2D eigenvalue weighted by molar-refractivity contribution is -0.0222. The molecule has 3 rings (SSSR count). The number of amides is 1. The summed E-state index contributed by atoms with van der Waals surface area (Å²) in [4.78, 5) is 17.0. The molecule has 23 heavy (non-hydrogen) atoms. The Morgan fingerprint density at radius 1 is 1.13 bits per heavy atom. The zero-order valence-electron chi connectivity index (χ0n) is 13.8. The number of hydrogen-bond acceptors (Lipinski definition) is 4. The minimum absolute atomic E-state index is 0.0814. The van der Waals surface area contributed by atoms with Crippen molar-refractivity contribution in [3.63, 3.8) is 0 Å². The van der Waals surface area contributed by atoms with E-state index >= 15 is 0 Å². The molecule has 2 heterocycles. The van der Waals surface area contributed by atoms with E-state index in [0.29, 0.717) is 19.5 Å². The molecule has 1 amide bonds. The van der Waals surface area contributed by atoms with Crippen LogP contribution in [0.25, 0.3) is 0 Å². The van der Waals surface area contributed by atoms with Crippen LogP contribution in [0, 0.1) is 6.92 Å². The maximum absolute atomic E-state index is 12.8. The Kier molecular flexibility index (Phi) is 5.30. The van der Waals surface area contributed by atoms with Gasteiger partial charge < -0.3 is 14.7 Å².